The molecule has 0 heterocycles. The zero-order chi connectivity index (χ0) is 22.3. The van der Waals surface area contributed by atoms with E-state index in [9.17, 15) is 19.8 Å². The summed E-state index contributed by atoms with van der Waals surface area (Å²) in [4.78, 5) is 23.9. The van der Waals surface area contributed by atoms with Gasteiger partial charge in [0.05, 0.1) is 11.1 Å². The van der Waals surface area contributed by atoms with Crippen LogP contribution < -0.4 is 0 Å². The number of rotatable bonds is 4. The number of benzene rings is 3. The van der Waals surface area contributed by atoms with Crippen LogP contribution in [0.15, 0.2) is 36.4 Å². The van der Waals surface area contributed by atoms with E-state index in [-0.39, 0.29) is 11.1 Å². The van der Waals surface area contributed by atoms with Gasteiger partial charge in [0.2, 0.25) is 0 Å². The predicted octanol–water partition coefficient (Wildman–Crippen LogP) is 6.27. The molecule has 30 heavy (non-hydrogen) atoms. The van der Waals surface area contributed by atoms with Gasteiger partial charge in [0.15, 0.2) is 0 Å². The molecule has 0 aliphatic heterocycles. The van der Waals surface area contributed by atoms with E-state index >= 15 is 0 Å². The predicted molar refractivity (Wildman–Crippen MR) is 120 cm³/mol. The first-order chi connectivity index (χ1) is 14.0. The van der Waals surface area contributed by atoms with Crippen LogP contribution >= 0.6 is 0 Å². The van der Waals surface area contributed by atoms with Crippen molar-refractivity contribution < 1.29 is 19.8 Å². The molecule has 0 radical (unpaired) electrons. The molecule has 3 rings (SSSR count). The largest absolute Gasteiger partial charge is 0.478 e. The van der Waals surface area contributed by atoms with Gasteiger partial charge in [-0.1, -0.05) is 35.9 Å². The van der Waals surface area contributed by atoms with Crippen LogP contribution in [-0.2, 0) is 0 Å². The number of hydrogen-bond acceptors (Lipinski definition) is 2. The summed E-state index contributed by atoms with van der Waals surface area (Å²) in [5.41, 5.74) is 8.98. The van der Waals surface area contributed by atoms with E-state index < -0.39 is 11.9 Å². The van der Waals surface area contributed by atoms with E-state index in [2.05, 4.69) is 12.1 Å². The molecule has 0 aliphatic carbocycles. The minimum absolute atomic E-state index is 0.207. The molecule has 0 aliphatic rings. The maximum atomic E-state index is 12.2. The maximum absolute atomic E-state index is 12.2. The van der Waals surface area contributed by atoms with Crippen LogP contribution in [0.1, 0.15) is 54.1 Å². The monoisotopic (exact) mass is 402 g/mol. The van der Waals surface area contributed by atoms with Gasteiger partial charge in [0.1, 0.15) is 0 Å². The number of hydrogen-bond donors (Lipinski definition) is 2. The minimum atomic E-state index is -1.01. The molecule has 0 saturated heterocycles. The van der Waals surface area contributed by atoms with Crippen LogP contribution in [0, 0.1) is 41.5 Å². The van der Waals surface area contributed by atoms with E-state index in [1.807, 2.05) is 45.9 Å². The lowest BCUT2D eigenvalue weighted by Gasteiger charge is -2.18. The molecule has 154 valence electrons. The zero-order valence-electron chi connectivity index (χ0n) is 18.2. The highest BCUT2D eigenvalue weighted by Crippen LogP contribution is 2.37. The van der Waals surface area contributed by atoms with E-state index in [1.54, 1.807) is 19.9 Å². The number of aromatic carboxylic acids is 2. The summed E-state index contributed by atoms with van der Waals surface area (Å²) >= 11 is 0. The third-order valence-electron chi connectivity index (χ3n) is 5.67. The van der Waals surface area contributed by atoms with Crippen LogP contribution in [0.4, 0.5) is 0 Å². The van der Waals surface area contributed by atoms with Crippen molar-refractivity contribution in [2.45, 2.75) is 41.5 Å². The summed E-state index contributed by atoms with van der Waals surface area (Å²) in [6.45, 7) is 11.5. The average Bonchev–Trinajstić information content (AvgIpc) is 2.60. The van der Waals surface area contributed by atoms with Gasteiger partial charge in [-0.3, -0.25) is 0 Å². The lowest BCUT2D eigenvalue weighted by molar-refractivity contribution is 0.0685. The Morgan fingerprint density at radius 3 is 1.77 bits per heavy atom. The van der Waals surface area contributed by atoms with Crippen molar-refractivity contribution in [3.63, 3.8) is 0 Å². The van der Waals surface area contributed by atoms with Crippen molar-refractivity contribution in [3.8, 4) is 22.3 Å². The second-order valence-electron chi connectivity index (χ2n) is 8.03. The normalized spacial score (nSPS) is 10.9. The first kappa shape index (κ1) is 21.3. The number of carboxylic acids is 2. The van der Waals surface area contributed by atoms with Crippen LogP contribution in [0.3, 0.4) is 0 Å². The minimum Gasteiger partial charge on any atom is -0.478 e. The van der Waals surface area contributed by atoms with E-state index in [4.69, 9.17) is 0 Å². The van der Waals surface area contributed by atoms with Gasteiger partial charge in [-0.15, -0.1) is 0 Å². The van der Waals surface area contributed by atoms with E-state index in [0.717, 1.165) is 33.4 Å². The lowest BCUT2D eigenvalue weighted by Crippen LogP contribution is -2.07. The van der Waals surface area contributed by atoms with Crippen molar-refractivity contribution in [3.05, 3.63) is 80.9 Å². The molecular formula is C26H26O4. The van der Waals surface area contributed by atoms with Gasteiger partial charge in [-0.25, -0.2) is 9.59 Å². The molecule has 0 saturated carbocycles. The molecule has 4 heteroatoms. The quantitative estimate of drug-likeness (QED) is 0.539. The van der Waals surface area contributed by atoms with Crippen molar-refractivity contribution in [1.82, 2.24) is 0 Å². The smallest absolute Gasteiger partial charge is 0.336 e. The molecule has 0 bridgehead atoms. The standard InChI is InChI=1S/C26H26O4/c1-13-9-14(2)22(15(3)10-13)20-8-7-19(12-21(20)25(27)28)23-16(4)11-17(5)24(18(23)6)26(29)30/h7-12H,1-6H3,(H,27,28)(H,29,30). The molecule has 3 aromatic rings. The summed E-state index contributed by atoms with van der Waals surface area (Å²) in [5.74, 6) is -1.99. The Kier molecular flexibility index (Phi) is 5.53. The van der Waals surface area contributed by atoms with Gasteiger partial charge < -0.3 is 10.2 Å². The molecule has 0 unspecified atom stereocenters. The summed E-state index contributed by atoms with van der Waals surface area (Å²) in [7, 11) is 0. The van der Waals surface area contributed by atoms with E-state index in [1.165, 1.54) is 0 Å². The van der Waals surface area contributed by atoms with Gasteiger partial charge >= 0.3 is 11.9 Å². The molecule has 3 aromatic carbocycles. The molecule has 4 nitrogen and oxygen atoms in total. The Morgan fingerprint density at radius 2 is 1.23 bits per heavy atom. The Balaban J connectivity index is 2.31. The highest BCUT2D eigenvalue weighted by Gasteiger charge is 2.21. The van der Waals surface area contributed by atoms with Crippen LogP contribution in [-0.4, -0.2) is 22.2 Å². The van der Waals surface area contributed by atoms with Gasteiger partial charge in [0.25, 0.3) is 0 Å². The van der Waals surface area contributed by atoms with Gasteiger partial charge in [-0.2, -0.15) is 0 Å². The summed E-state index contributed by atoms with van der Waals surface area (Å²) in [6, 6.07) is 11.3. The van der Waals surface area contributed by atoms with Crippen molar-refractivity contribution in [2.75, 3.05) is 0 Å². The second-order valence-corrected chi connectivity index (χ2v) is 8.03. The highest BCUT2D eigenvalue weighted by atomic mass is 16.4. The maximum Gasteiger partial charge on any atom is 0.336 e. The fourth-order valence-electron chi connectivity index (χ4n) is 4.66. The topological polar surface area (TPSA) is 74.6 Å². The highest BCUT2D eigenvalue weighted by molar-refractivity contribution is 6.00. The summed E-state index contributed by atoms with van der Waals surface area (Å²) in [6.07, 6.45) is 0. The Bertz CT molecular complexity index is 1180. The fourth-order valence-corrected chi connectivity index (χ4v) is 4.66. The van der Waals surface area contributed by atoms with Crippen molar-refractivity contribution in [2.24, 2.45) is 0 Å². The zero-order valence-corrected chi connectivity index (χ0v) is 18.2. The van der Waals surface area contributed by atoms with E-state index in [0.29, 0.717) is 22.3 Å². The second kappa shape index (κ2) is 7.79. The number of aryl methyl sites for hydroxylation is 5. The molecular weight excluding hydrogens is 376 g/mol. The van der Waals surface area contributed by atoms with Crippen molar-refractivity contribution in [1.29, 1.82) is 0 Å². The molecule has 2 N–H and O–H groups in total. The number of carboxylic acid groups (broad SMARTS) is 2. The third kappa shape index (κ3) is 3.61. The molecule has 0 fully saturated rings. The molecule has 0 spiro atoms. The number of carbonyl (C=O) groups is 2. The summed E-state index contributed by atoms with van der Waals surface area (Å²) < 4.78 is 0. The Hall–Kier alpha value is -3.40. The van der Waals surface area contributed by atoms with Crippen LogP contribution in [0.5, 0.6) is 0 Å². The van der Waals surface area contributed by atoms with Crippen LogP contribution in [0.25, 0.3) is 22.3 Å². The first-order valence-corrected chi connectivity index (χ1v) is 9.83. The fraction of sp³-hybridized carbons (Fsp3) is 0.231. The first-order valence-electron chi connectivity index (χ1n) is 9.83. The Morgan fingerprint density at radius 1 is 0.667 bits per heavy atom. The average molecular weight is 402 g/mol. The molecule has 0 aromatic heterocycles. The lowest BCUT2D eigenvalue weighted by atomic mass is 9.86. The Labute approximate surface area is 176 Å². The van der Waals surface area contributed by atoms with Gasteiger partial charge in [-0.05, 0) is 97.7 Å². The van der Waals surface area contributed by atoms with Crippen molar-refractivity contribution >= 4 is 11.9 Å². The SMILES string of the molecule is Cc1cc(C)c(-c2ccc(-c3c(C)cc(C)c(C(=O)O)c3C)cc2C(=O)O)c(C)c1. The third-order valence-corrected chi connectivity index (χ3v) is 5.67. The molecule has 0 amide bonds. The summed E-state index contributed by atoms with van der Waals surface area (Å²) in [5, 5.41) is 19.6. The molecule has 0 atom stereocenters. The van der Waals surface area contributed by atoms with Crippen LogP contribution in [0.2, 0.25) is 0 Å². The van der Waals surface area contributed by atoms with Gasteiger partial charge in [0, 0.05) is 0 Å².